The van der Waals surface area contributed by atoms with E-state index < -0.39 is 0 Å². The van der Waals surface area contributed by atoms with E-state index >= 15 is 0 Å². The first-order valence-electron chi connectivity index (χ1n) is 14.7. The number of benzene rings is 1. The molecule has 2 saturated heterocycles. The molecule has 1 aliphatic carbocycles. The van der Waals surface area contributed by atoms with E-state index in [1.807, 2.05) is 36.9 Å². The van der Waals surface area contributed by atoms with Crippen LogP contribution in [0.15, 0.2) is 53.3 Å². The summed E-state index contributed by atoms with van der Waals surface area (Å²) in [6.07, 6.45) is 6.30. The van der Waals surface area contributed by atoms with Gasteiger partial charge in [0.25, 0.3) is 5.91 Å². The van der Waals surface area contributed by atoms with E-state index in [1.54, 1.807) is 12.4 Å². The molecule has 0 spiro atoms. The van der Waals surface area contributed by atoms with Crippen molar-refractivity contribution < 1.29 is 9.53 Å². The zero-order chi connectivity index (χ0) is 28.7. The fourth-order valence-corrected chi connectivity index (χ4v) is 7.51. The standard InChI is InChI=1S/C32H39BrN6O2/c1-21-19-35-36-23(3)29(21)31(40)37-13-10-32(4,11-14-37)38-15-16-39(22(2)20-38)30-26-9-8-25(33)17-24(26)18-27(30)41-28-7-5-6-12-34-28/h5-9,12,17,19,22,27,30H,10-11,13-16,18,20H2,1-4H3/t22?,27?,30-/m1/s1. The van der Waals surface area contributed by atoms with Gasteiger partial charge in [-0.2, -0.15) is 10.2 Å². The van der Waals surface area contributed by atoms with E-state index in [0.29, 0.717) is 23.2 Å². The van der Waals surface area contributed by atoms with E-state index in [0.717, 1.165) is 62.0 Å². The fraction of sp³-hybridized carbons (Fsp3) is 0.500. The molecule has 0 N–H and O–H groups in total. The highest BCUT2D eigenvalue weighted by Crippen LogP contribution is 2.42. The number of carbonyl (C=O) groups is 1. The van der Waals surface area contributed by atoms with Crippen LogP contribution in [0.3, 0.4) is 0 Å². The predicted octanol–water partition coefficient (Wildman–Crippen LogP) is 5.00. The van der Waals surface area contributed by atoms with Gasteiger partial charge in [-0.25, -0.2) is 4.98 Å². The molecule has 9 heteroatoms. The molecule has 2 aliphatic heterocycles. The molecule has 8 nitrogen and oxygen atoms in total. The third kappa shape index (κ3) is 5.51. The number of likely N-dealkylation sites (tertiary alicyclic amines) is 1. The highest BCUT2D eigenvalue weighted by Gasteiger charge is 2.45. The Kier molecular flexibility index (Phi) is 7.87. The van der Waals surface area contributed by atoms with E-state index in [2.05, 4.69) is 73.0 Å². The van der Waals surface area contributed by atoms with Gasteiger partial charge in [0.05, 0.1) is 23.5 Å². The van der Waals surface area contributed by atoms with Crippen molar-refractivity contribution >= 4 is 21.8 Å². The summed E-state index contributed by atoms with van der Waals surface area (Å²) in [7, 11) is 0. The van der Waals surface area contributed by atoms with Gasteiger partial charge in [-0.05, 0) is 75.4 Å². The largest absolute Gasteiger partial charge is 0.472 e. The molecule has 2 unspecified atom stereocenters. The first-order valence-corrected chi connectivity index (χ1v) is 15.5. The van der Waals surface area contributed by atoms with Gasteiger partial charge in [-0.1, -0.05) is 28.1 Å². The highest BCUT2D eigenvalue weighted by molar-refractivity contribution is 9.10. The lowest BCUT2D eigenvalue weighted by Crippen LogP contribution is -2.63. The van der Waals surface area contributed by atoms with Crippen LogP contribution in [-0.4, -0.2) is 86.2 Å². The van der Waals surface area contributed by atoms with Crippen molar-refractivity contribution in [3.63, 3.8) is 0 Å². The number of pyridine rings is 1. The average Bonchev–Trinajstić information content (AvgIpc) is 3.30. The lowest BCUT2D eigenvalue weighted by atomic mass is 9.86. The number of piperidine rings is 1. The molecule has 4 heterocycles. The summed E-state index contributed by atoms with van der Waals surface area (Å²) < 4.78 is 7.64. The number of amides is 1. The molecule has 2 fully saturated rings. The number of hydrogen-bond acceptors (Lipinski definition) is 7. The number of aromatic nitrogens is 3. The van der Waals surface area contributed by atoms with Crippen molar-refractivity contribution in [2.24, 2.45) is 0 Å². The summed E-state index contributed by atoms with van der Waals surface area (Å²) in [5.74, 6) is 0.767. The van der Waals surface area contributed by atoms with Gasteiger partial charge in [-0.3, -0.25) is 14.6 Å². The molecular weight excluding hydrogens is 580 g/mol. The third-order valence-corrected chi connectivity index (χ3v) is 9.96. The Morgan fingerprint density at radius 1 is 1.10 bits per heavy atom. The number of hydrogen-bond donors (Lipinski definition) is 0. The number of carbonyl (C=O) groups excluding carboxylic acids is 1. The van der Waals surface area contributed by atoms with Crippen molar-refractivity contribution in [3.8, 4) is 5.88 Å². The molecule has 6 rings (SSSR count). The summed E-state index contributed by atoms with van der Waals surface area (Å²) in [5, 5.41) is 8.12. The Morgan fingerprint density at radius 3 is 2.61 bits per heavy atom. The molecule has 0 radical (unpaired) electrons. The molecule has 2 aromatic heterocycles. The topological polar surface area (TPSA) is 74.7 Å². The van der Waals surface area contributed by atoms with E-state index in [1.165, 1.54) is 11.1 Å². The minimum Gasteiger partial charge on any atom is -0.472 e. The molecule has 3 aliphatic rings. The lowest BCUT2D eigenvalue weighted by molar-refractivity contribution is -0.0455. The molecule has 1 aromatic carbocycles. The number of aryl methyl sites for hydroxylation is 2. The quantitative estimate of drug-likeness (QED) is 0.398. The maximum atomic E-state index is 13.4. The highest BCUT2D eigenvalue weighted by atomic mass is 79.9. The van der Waals surface area contributed by atoms with Crippen LogP contribution in [0.5, 0.6) is 5.88 Å². The van der Waals surface area contributed by atoms with Crippen LogP contribution in [0.25, 0.3) is 0 Å². The van der Waals surface area contributed by atoms with Gasteiger partial charge < -0.3 is 9.64 Å². The van der Waals surface area contributed by atoms with Gasteiger partial charge in [0.1, 0.15) is 6.10 Å². The number of halogens is 1. The Morgan fingerprint density at radius 2 is 1.90 bits per heavy atom. The smallest absolute Gasteiger partial charge is 0.256 e. The van der Waals surface area contributed by atoms with Gasteiger partial charge >= 0.3 is 0 Å². The summed E-state index contributed by atoms with van der Waals surface area (Å²) in [6, 6.07) is 13.1. The molecule has 216 valence electrons. The van der Waals surface area contributed by atoms with Crippen molar-refractivity contribution in [1.29, 1.82) is 0 Å². The summed E-state index contributed by atoms with van der Waals surface area (Å²) in [5.41, 5.74) is 5.09. The fourth-order valence-electron chi connectivity index (χ4n) is 7.11. The number of fused-ring (bicyclic) bond motifs is 1. The molecule has 0 saturated carbocycles. The Bertz CT molecular complexity index is 1390. The first kappa shape index (κ1) is 28.2. The zero-order valence-corrected chi connectivity index (χ0v) is 26.0. The maximum absolute atomic E-state index is 13.4. The summed E-state index contributed by atoms with van der Waals surface area (Å²) in [4.78, 5) is 25.2. The molecular formula is C32H39BrN6O2. The predicted molar refractivity (Wildman–Crippen MR) is 162 cm³/mol. The molecule has 1 amide bonds. The second kappa shape index (κ2) is 11.4. The van der Waals surface area contributed by atoms with E-state index in [9.17, 15) is 4.79 Å². The van der Waals surface area contributed by atoms with E-state index in [-0.39, 0.29) is 23.6 Å². The van der Waals surface area contributed by atoms with Crippen LogP contribution >= 0.6 is 15.9 Å². The summed E-state index contributed by atoms with van der Waals surface area (Å²) in [6.45, 7) is 13.0. The summed E-state index contributed by atoms with van der Waals surface area (Å²) >= 11 is 3.67. The van der Waals surface area contributed by atoms with Crippen molar-refractivity contribution in [1.82, 2.24) is 29.9 Å². The minimum atomic E-state index is 0.0163. The Hall–Kier alpha value is -2.88. The van der Waals surface area contributed by atoms with Crippen molar-refractivity contribution in [3.05, 3.63) is 81.2 Å². The SMILES string of the molecule is Cc1cnnc(C)c1C(=O)N1CCC(C)(N2CCN([C@@H]3c4ccc(Br)cc4CC3Oc3ccccn3)C(C)C2)CC1. The minimum absolute atomic E-state index is 0.0163. The van der Waals surface area contributed by atoms with Crippen molar-refractivity contribution in [2.45, 2.75) is 70.7 Å². The van der Waals surface area contributed by atoms with Crippen LogP contribution in [0, 0.1) is 13.8 Å². The number of rotatable bonds is 5. The maximum Gasteiger partial charge on any atom is 0.256 e. The van der Waals surface area contributed by atoms with Crippen molar-refractivity contribution in [2.75, 3.05) is 32.7 Å². The van der Waals surface area contributed by atoms with Crippen LogP contribution < -0.4 is 4.74 Å². The number of nitrogens with zero attached hydrogens (tertiary/aromatic N) is 6. The second-order valence-electron chi connectivity index (χ2n) is 12.1. The van der Waals surface area contributed by atoms with Gasteiger partial charge in [-0.15, -0.1) is 0 Å². The molecule has 0 bridgehead atoms. The van der Waals surface area contributed by atoms with Crippen LogP contribution in [0.4, 0.5) is 0 Å². The van der Waals surface area contributed by atoms with Gasteiger partial charge in [0.2, 0.25) is 5.88 Å². The van der Waals surface area contributed by atoms with Crippen LogP contribution in [0.1, 0.15) is 65.5 Å². The van der Waals surface area contributed by atoms with Gasteiger partial charge in [0.15, 0.2) is 0 Å². The second-order valence-corrected chi connectivity index (χ2v) is 13.0. The lowest BCUT2D eigenvalue weighted by Gasteiger charge is -2.53. The Labute approximate surface area is 251 Å². The third-order valence-electron chi connectivity index (χ3n) is 9.46. The van der Waals surface area contributed by atoms with Crippen LogP contribution in [0.2, 0.25) is 0 Å². The van der Waals surface area contributed by atoms with E-state index in [4.69, 9.17) is 4.74 Å². The Balaban J connectivity index is 1.14. The molecule has 3 aromatic rings. The average molecular weight is 620 g/mol. The molecule has 3 atom stereocenters. The monoisotopic (exact) mass is 618 g/mol. The number of piperazine rings is 1. The molecule has 41 heavy (non-hydrogen) atoms. The van der Waals surface area contributed by atoms with Gasteiger partial charge in [0, 0.05) is 67.5 Å². The number of ether oxygens (including phenoxy) is 1. The normalized spacial score (nSPS) is 24.7. The first-order chi connectivity index (χ1) is 19.7. The van der Waals surface area contributed by atoms with Crippen LogP contribution in [-0.2, 0) is 6.42 Å². The zero-order valence-electron chi connectivity index (χ0n) is 24.4.